The molecule has 0 aliphatic carbocycles. The summed E-state index contributed by atoms with van der Waals surface area (Å²) in [7, 11) is 1.72. The van der Waals surface area contributed by atoms with Crippen molar-refractivity contribution in [1.82, 2.24) is 4.90 Å². The highest BCUT2D eigenvalue weighted by atomic mass is 19.1. The van der Waals surface area contributed by atoms with Gasteiger partial charge in [0.15, 0.2) is 0 Å². The van der Waals surface area contributed by atoms with Gasteiger partial charge in [-0.25, -0.2) is 4.39 Å². The molecule has 3 atom stereocenters. The minimum Gasteiger partial charge on any atom is -0.490 e. The number of para-hydroxylation sites is 1. The predicted octanol–water partition coefficient (Wildman–Crippen LogP) is 4.49. The number of nitrogens with one attached hydrogen (secondary N) is 2. The normalized spacial score (nSPS) is 20.7. The lowest BCUT2D eigenvalue weighted by Crippen LogP contribution is -2.53. The molecular weight excluding hydrogens is 489 g/mol. The van der Waals surface area contributed by atoms with Crippen molar-refractivity contribution < 1.29 is 28.2 Å². The Morgan fingerprint density at radius 1 is 0.974 bits per heavy atom. The van der Waals surface area contributed by atoms with Gasteiger partial charge in [0, 0.05) is 24.0 Å². The fraction of sp³-hybridized carbons (Fsp3) is 0.276. The molecule has 0 bridgehead atoms. The van der Waals surface area contributed by atoms with Crippen LogP contribution in [0, 0.1) is 5.82 Å². The first-order valence-corrected chi connectivity index (χ1v) is 12.5. The zero-order chi connectivity index (χ0) is 26.6. The van der Waals surface area contributed by atoms with Crippen LogP contribution in [0.25, 0.3) is 0 Å². The first-order valence-electron chi connectivity index (χ1n) is 12.5. The van der Waals surface area contributed by atoms with Crippen molar-refractivity contribution in [3.05, 3.63) is 89.7 Å². The summed E-state index contributed by atoms with van der Waals surface area (Å²) in [6.07, 6.45) is 0.808. The van der Waals surface area contributed by atoms with Crippen LogP contribution in [0.4, 0.5) is 15.8 Å². The lowest BCUT2D eigenvalue weighted by atomic mass is 9.94. The van der Waals surface area contributed by atoms with Gasteiger partial charge in [-0.2, -0.15) is 0 Å². The smallest absolute Gasteiger partial charge is 0.257 e. The molecule has 0 spiro atoms. The van der Waals surface area contributed by atoms with E-state index in [0.717, 1.165) is 11.8 Å². The van der Waals surface area contributed by atoms with E-state index in [9.17, 15) is 18.8 Å². The quantitative estimate of drug-likeness (QED) is 0.520. The monoisotopic (exact) mass is 517 g/mol. The topological polar surface area (TPSA) is 97.0 Å². The summed E-state index contributed by atoms with van der Waals surface area (Å²) in [4.78, 5) is 40.1. The number of hydrogen-bond donors (Lipinski definition) is 2. The molecule has 3 aromatic carbocycles. The molecule has 1 fully saturated rings. The third kappa shape index (κ3) is 5.68. The number of rotatable bonds is 5. The van der Waals surface area contributed by atoms with Crippen LogP contribution in [-0.2, 0) is 9.53 Å². The molecule has 2 aliphatic rings. The van der Waals surface area contributed by atoms with Gasteiger partial charge in [0.05, 0.1) is 24.1 Å². The Bertz CT molecular complexity index is 1350. The van der Waals surface area contributed by atoms with Crippen molar-refractivity contribution in [3.8, 4) is 5.75 Å². The zero-order valence-corrected chi connectivity index (χ0v) is 20.9. The van der Waals surface area contributed by atoms with Gasteiger partial charge in [-0.15, -0.1) is 0 Å². The van der Waals surface area contributed by atoms with Crippen LogP contribution in [0.3, 0.4) is 0 Å². The molecule has 3 amide bonds. The number of benzene rings is 3. The molecule has 196 valence electrons. The van der Waals surface area contributed by atoms with Crippen LogP contribution in [0.2, 0.25) is 0 Å². The van der Waals surface area contributed by atoms with E-state index in [0.29, 0.717) is 29.8 Å². The molecule has 3 aromatic rings. The van der Waals surface area contributed by atoms with Crippen molar-refractivity contribution in [3.63, 3.8) is 0 Å². The molecule has 38 heavy (non-hydrogen) atoms. The molecule has 0 saturated carbocycles. The van der Waals surface area contributed by atoms with E-state index in [1.807, 2.05) is 30.3 Å². The third-order valence-electron chi connectivity index (χ3n) is 6.83. The molecule has 0 aromatic heterocycles. The maximum absolute atomic E-state index is 13.5. The second-order valence-corrected chi connectivity index (χ2v) is 9.46. The highest BCUT2D eigenvalue weighted by Gasteiger charge is 2.39. The molecule has 5 rings (SSSR count). The molecule has 2 N–H and O–H groups in total. The molecule has 1 saturated heterocycles. The van der Waals surface area contributed by atoms with Gasteiger partial charge in [-0.1, -0.05) is 24.3 Å². The first kappa shape index (κ1) is 25.4. The Morgan fingerprint density at radius 2 is 1.79 bits per heavy atom. The lowest BCUT2D eigenvalue weighted by Gasteiger charge is -2.42. The molecule has 2 aliphatic heterocycles. The van der Waals surface area contributed by atoms with Crippen LogP contribution in [0.5, 0.6) is 5.75 Å². The van der Waals surface area contributed by atoms with Crippen LogP contribution in [0.1, 0.15) is 40.0 Å². The van der Waals surface area contributed by atoms with Gasteiger partial charge < -0.3 is 25.0 Å². The number of fused-ring (bicyclic) bond motifs is 2. The maximum atomic E-state index is 13.5. The maximum Gasteiger partial charge on any atom is 0.257 e. The summed E-state index contributed by atoms with van der Waals surface area (Å²) < 4.78 is 25.7. The Labute approximate surface area is 219 Å². The Morgan fingerprint density at radius 3 is 2.58 bits per heavy atom. The van der Waals surface area contributed by atoms with Crippen molar-refractivity contribution in [2.75, 3.05) is 24.3 Å². The third-order valence-corrected chi connectivity index (χ3v) is 6.83. The lowest BCUT2D eigenvalue weighted by molar-refractivity contribution is -0.130. The summed E-state index contributed by atoms with van der Waals surface area (Å²) in [5, 5.41) is 5.59. The van der Waals surface area contributed by atoms with Gasteiger partial charge in [-0.05, 0) is 61.4 Å². The van der Waals surface area contributed by atoms with Crippen molar-refractivity contribution in [1.29, 1.82) is 0 Å². The molecular formula is C29H28FN3O5. The summed E-state index contributed by atoms with van der Waals surface area (Å²) in [6.45, 7) is 0.209. The largest absolute Gasteiger partial charge is 0.490 e. The van der Waals surface area contributed by atoms with Gasteiger partial charge in [0.25, 0.3) is 11.8 Å². The minimum absolute atomic E-state index is 0.131. The van der Waals surface area contributed by atoms with Crippen LogP contribution in [-0.4, -0.2) is 54.5 Å². The average Bonchev–Trinajstić information content (AvgIpc) is 2.91. The van der Waals surface area contributed by atoms with E-state index in [-0.39, 0.29) is 42.6 Å². The van der Waals surface area contributed by atoms with E-state index in [1.54, 1.807) is 30.1 Å². The minimum atomic E-state index is -0.510. The highest BCUT2D eigenvalue weighted by molar-refractivity contribution is 6.05. The molecule has 8 nitrogen and oxygen atoms in total. The number of halogens is 1. The van der Waals surface area contributed by atoms with E-state index in [4.69, 9.17) is 9.47 Å². The first-order chi connectivity index (χ1) is 18.4. The fourth-order valence-corrected chi connectivity index (χ4v) is 4.88. The van der Waals surface area contributed by atoms with Gasteiger partial charge in [-0.3, -0.25) is 14.4 Å². The standard InChI is InChI=1S/C29H28FN3O5/c1-33-24-12-11-22(16-27(34)31-20-8-3-2-4-9-20)38-26(24)17-37-25-13-10-21(15-23(25)29(33)36)32-28(35)18-6-5-7-19(30)14-18/h2-10,13-15,22,24,26H,11-12,16-17H2,1H3,(H,31,34)(H,32,35)/t22-,24+,26+/m0/s1. The molecule has 0 unspecified atom stereocenters. The summed E-state index contributed by atoms with van der Waals surface area (Å²) in [6, 6.07) is 19.2. The Hall–Kier alpha value is -4.24. The van der Waals surface area contributed by atoms with E-state index in [1.165, 1.54) is 18.2 Å². The highest BCUT2D eigenvalue weighted by Crippen LogP contribution is 2.32. The number of amides is 3. The van der Waals surface area contributed by atoms with Crippen molar-refractivity contribution in [2.45, 2.75) is 37.5 Å². The summed E-state index contributed by atoms with van der Waals surface area (Å²) in [5.74, 6) is -1.02. The average molecular weight is 518 g/mol. The predicted molar refractivity (Wildman–Crippen MR) is 140 cm³/mol. The van der Waals surface area contributed by atoms with E-state index < -0.39 is 17.8 Å². The number of likely N-dealkylation sites (N-methyl/N-ethyl adjacent to an activating group) is 1. The van der Waals surface area contributed by atoms with Crippen LogP contribution >= 0.6 is 0 Å². The van der Waals surface area contributed by atoms with Crippen molar-refractivity contribution in [2.24, 2.45) is 0 Å². The second-order valence-electron chi connectivity index (χ2n) is 9.46. The van der Waals surface area contributed by atoms with Gasteiger partial charge in [0.2, 0.25) is 5.91 Å². The number of carbonyl (C=O) groups is 3. The fourth-order valence-electron chi connectivity index (χ4n) is 4.88. The van der Waals surface area contributed by atoms with Gasteiger partial charge >= 0.3 is 0 Å². The second kappa shape index (κ2) is 11.0. The molecule has 2 heterocycles. The number of hydrogen-bond acceptors (Lipinski definition) is 5. The van der Waals surface area contributed by atoms with Crippen LogP contribution < -0.4 is 15.4 Å². The van der Waals surface area contributed by atoms with E-state index in [2.05, 4.69) is 10.6 Å². The number of nitrogens with zero attached hydrogens (tertiary/aromatic N) is 1. The molecule has 9 heteroatoms. The number of carbonyl (C=O) groups excluding carboxylic acids is 3. The Balaban J connectivity index is 1.26. The SMILES string of the molecule is CN1C(=O)c2cc(NC(=O)c3cccc(F)c3)ccc2OC[C@H]2O[C@H](CC(=O)Nc3ccccc3)CC[C@H]21. The summed E-state index contributed by atoms with van der Waals surface area (Å²) >= 11 is 0. The van der Waals surface area contributed by atoms with Crippen LogP contribution in [0.15, 0.2) is 72.8 Å². The number of ether oxygens (including phenoxy) is 2. The van der Waals surface area contributed by atoms with E-state index >= 15 is 0 Å². The molecule has 0 radical (unpaired) electrons. The zero-order valence-electron chi connectivity index (χ0n) is 20.9. The Kier molecular flexibility index (Phi) is 7.37. The summed E-state index contributed by atoms with van der Waals surface area (Å²) in [5.41, 5.74) is 1.61. The number of anilines is 2. The van der Waals surface area contributed by atoms with Crippen molar-refractivity contribution >= 4 is 29.1 Å². The van der Waals surface area contributed by atoms with Gasteiger partial charge in [0.1, 0.15) is 24.3 Å².